The summed E-state index contributed by atoms with van der Waals surface area (Å²) in [5, 5.41) is 16.1. The van der Waals surface area contributed by atoms with Crippen molar-refractivity contribution in [2.75, 3.05) is 5.32 Å². The van der Waals surface area contributed by atoms with E-state index in [4.69, 9.17) is 0 Å². The molecule has 0 atom stereocenters. The van der Waals surface area contributed by atoms with E-state index < -0.39 is 0 Å². The van der Waals surface area contributed by atoms with E-state index in [-0.39, 0.29) is 10.6 Å². The fourth-order valence-electron chi connectivity index (χ4n) is 1.70. The highest BCUT2D eigenvalue weighted by Gasteiger charge is 2.13. The highest BCUT2D eigenvalue weighted by atomic mass is 32.1. The Bertz CT molecular complexity index is 578. The molecule has 0 spiro atoms. The van der Waals surface area contributed by atoms with Gasteiger partial charge in [-0.15, -0.1) is 11.3 Å². The molecule has 5 heteroatoms. The molecule has 0 bridgehead atoms. The Morgan fingerprint density at radius 1 is 1.33 bits per heavy atom. The van der Waals surface area contributed by atoms with Gasteiger partial charge in [0.15, 0.2) is 0 Å². The van der Waals surface area contributed by atoms with Gasteiger partial charge in [0.1, 0.15) is 5.69 Å². The lowest BCUT2D eigenvalue weighted by Gasteiger charge is -2.07. The highest BCUT2D eigenvalue weighted by Crippen LogP contribution is 2.26. The molecular formula is C13H14N2O2S. The zero-order valence-electron chi connectivity index (χ0n) is 10.3. The molecule has 0 amide bonds. The van der Waals surface area contributed by atoms with Crippen LogP contribution in [0.4, 0.5) is 11.4 Å². The Morgan fingerprint density at radius 3 is 2.72 bits per heavy atom. The Balaban J connectivity index is 2.19. The average Bonchev–Trinajstić information content (AvgIpc) is 2.73. The third-order valence-electron chi connectivity index (χ3n) is 2.76. The van der Waals surface area contributed by atoms with Crippen LogP contribution in [0.5, 0.6) is 0 Å². The smallest absolute Gasteiger partial charge is 0.292 e. The lowest BCUT2D eigenvalue weighted by molar-refractivity contribution is -0.384. The third-order valence-corrected chi connectivity index (χ3v) is 3.78. The number of rotatable bonds is 4. The summed E-state index contributed by atoms with van der Waals surface area (Å²) in [7, 11) is 0. The summed E-state index contributed by atoms with van der Waals surface area (Å²) in [6.07, 6.45) is 0. The summed E-state index contributed by atoms with van der Waals surface area (Å²) in [6, 6.07) is 7.27. The molecule has 1 heterocycles. The fraction of sp³-hybridized carbons (Fsp3) is 0.231. The van der Waals surface area contributed by atoms with E-state index in [1.54, 1.807) is 23.5 Å². The molecule has 0 aliphatic heterocycles. The van der Waals surface area contributed by atoms with Gasteiger partial charge in [-0.1, -0.05) is 6.07 Å². The first-order valence-electron chi connectivity index (χ1n) is 5.60. The zero-order valence-corrected chi connectivity index (χ0v) is 11.1. The molecule has 94 valence electrons. The number of nitrogens with zero attached hydrogens (tertiary/aromatic N) is 1. The van der Waals surface area contributed by atoms with Crippen molar-refractivity contribution in [1.29, 1.82) is 0 Å². The Kier molecular flexibility index (Phi) is 3.62. The first kappa shape index (κ1) is 12.6. The summed E-state index contributed by atoms with van der Waals surface area (Å²) in [6.45, 7) is 4.50. The largest absolute Gasteiger partial charge is 0.375 e. The van der Waals surface area contributed by atoms with Gasteiger partial charge >= 0.3 is 0 Å². The summed E-state index contributed by atoms with van der Waals surface area (Å²) < 4.78 is 0. The fourth-order valence-corrected chi connectivity index (χ4v) is 2.55. The average molecular weight is 262 g/mol. The molecule has 0 fully saturated rings. The van der Waals surface area contributed by atoms with Gasteiger partial charge in [-0.05, 0) is 42.5 Å². The van der Waals surface area contributed by atoms with Crippen molar-refractivity contribution in [1.82, 2.24) is 0 Å². The minimum absolute atomic E-state index is 0.129. The molecule has 1 N–H and O–H groups in total. The molecular weight excluding hydrogens is 248 g/mol. The van der Waals surface area contributed by atoms with Gasteiger partial charge in [-0.2, -0.15) is 0 Å². The van der Waals surface area contributed by atoms with Crippen LogP contribution in [0.15, 0.2) is 29.6 Å². The molecule has 0 saturated carbocycles. The maximum Gasteiger partial charge on any atom is 0.292 e. The second-order valence-electron chi connectivity index (χ2n) is 4.16. The number of nitro benzene ring substituents is 1. The number of nitro groups is 1. The van der Waals surface area contributed by atoms with Crippen LogP contribution in [0, 0.1) is 24.0 Å². The first-order valence-corrected chi connectivity index (χ1v) is 6.48. The van der Waals surface area contributed by atoms with Crippen molar-refractivity contribution in [2.45, 2.75) is 20.4 Å². The van der Waals surface area contributed by atoms with Crippen molar-refractivity contribution in [3.63, 3.8) is 0 Å². The van der Waals surface area contributed by atoms with Gasteiger partial charge in [0.05, 0.1) is 4.92 Å². The normalized spacial score (nSPS) is 10.3. The highest BCUT2D eigenvalue weighted by molar-refractivity contribution is 7.10. The monoisotopic (exact) mass is 262 g/mol. The quantitative estimate of drug-likeness (QED) is 0.672. The molecule has 0 aliphatic rings. The molecule has 0 saturated heterocycles. The van der Waals surface area contributed by atoms with Gasteiger partial charge in [-0.3, -0.25) is 10.1 Å². The van der Waals surface area contributed by atoms with E-state index in [1.165, 1.54) is 10.4 Å². The van der Waals surface area contributed by atoms with Crippen LogP contribution < -0.4 is 5.32 Å². The van der Waals surface area contributed by atoms with Gasteiger partial charge in [0.25, 0.3) is 5.69 Å². The second-order valence-corrected chi connectivity index (χ2v) is 5.16. The maximum atomic E-state index is 11.0. The molecule has 2 aromatic rings. The number of hydrogen-bond donors (Lipinski definition) is 1. The molecule has 0 unspecified atom stereocenters. The van der Waals surface area contributed by atoms with E-state index >= 15 is 0 Å². The Hall–Kier alpha value is -1.88. The minimum atomic E-state index is -0.351. The predicted molar refractivity (Wildman–Crippen MR) is 74.2 cm³/mol. The van der Waals surface area contributed by atoms with Crippen LogP contribution in [0.2, 0.25) is 0 Å². The van der Waals surface area contributed by atoms with E-state index in [0.29, 0.717) is 12.2 Å². The van der Waals surface area contributed by atoms with Crippen LogP contribution in [0.1, 0.15) is 16.0 Å². The maximum absolute atomic E-state index is 11.0. The Morgan fingerprint density at radius 2 is 2.11 bits per heavy atom. The summed E-state index contributed by atoms with van der Waals surface area (Å²) in [5.41, 5.74) is 2.80. The zero-order chi connectivity index (χ0) is 13.1. The molecule has 1 aromatic heterocycles. The van der Waals surface area contributed by atoms with E-state index in [1.807, 2.05) is 31.4 Å². The van der Waals surface area contributed by atoms with Crippen molar-refractivity contribution >= 4 is 22.7 Å². The van der Waals surface area contributed by atoms with Crippen LogP contribution in [-0.2, 0) is 6.54 Å². The topological polar surface area (TPSA) is 55.2 Å². The summed E-state index contributed by atoms with van der Waals surface area (Å²) >= 11 is 1.65. The van der Waals surface area contributed by atoms with Crippen LogP contribution in [0.3, 0.4) is 0 Å². The predicted octanol–water partition coefficient (Wildman–Crippen LogP) is 3.89. The molecule has 0 radical (unpaired) electrons. The van der Waals surface area contributed by atoms with Crippen molar-refractivity contribution < 1.29 is 4.92 Å². The second kappa shape index (κ2) is 5.18. The molecule has 2 rings (SSSR count). The Labute approximate surface area is 109 Å². The van der Waals surface area contributed by atoms with Gasteiger partial charge in [-0.25, -0.2) is 0 Å². The summed E-state index contributed by atoms with van der Waals surface area (Å²) in [5.74, 6) is 0. The van der Waals surface area contributed by atoms with Gasteiger partial charge in [0, 0.05) is 17.5 Å². The molecule has 4 nitrogen and oxygen atoms in total. The van der Waals surface area contributed by atoms with Crippen LogP contribution >= 0.6 is 11.3 Å². The number of anilines is 1. The van der Waals surface area contributed by atoms with Crippen molar-refractivity contribution in [3.05, 3.63) is 55.8 Å². The minimum Gasteiger partial charge on any atom is -0.375 e. The van der Waals surface area contributed by atoms with Crippen molar-refractivity contribution in [2.24, 2.45) is 0 Å². The lowest BCUT2D eigenvalue weighted by atomic mass is 10.2. The van der Waals surface area contributed by atoms with E-state index in [9.17, 15) is 10.1 Å². The SMILES string of the molecule is Cc1ccc(NCc2sccc2C)c([N+](=O)[O-])c1. The number of thiophene rings is 1. The van der Waals surface area contributed by atoms with Crippen LogP contribution in [0.25, 0.3) is 0 Å². The van der Waals surface area contributed by atoms with Gasteiger partial charge < -0.3 is 5.32 Å². The van der Waals surface area contributed by atoms with Crippen LogP contribution in [-0.4, -0.2) is 4.92 Å². The number of benzene rings is 1. The first-order chi connectivity index (χ1) is 8.58. The number of nitrogens with one attached hydrogen (secondary N) is 1. The summed E-state index contributed by atoms with van der Waals surface area (Å²) in [4.78, 5) is 11.8. The van der Waals surface area contributed by atoms with Gasteiger partial charge in [0.2, 0.25) is 0 Å². The number of hydrogen-bond acceptors (Lipinski definition) is 4. The molecule has 0 aliphatic carbocycles. The third kappa shape index (κ3) is 2.68. The number of aryl methyl sites for hydroxylation is 2. The standard InChI is InChI=1S/C13H14N2O2S/c1-9-3-4-11(12(7-9)15(16)17)14-8-13-10(2)5-6-18-13/h3-7,14H,8H2,1-2H3. The van der Waals surface area contributed by atoms with E-state index in [0.717, 1.165) is 5.56 Å². The van der Waals surface area contributed by atoms with Crippen molar-refractivity contribution in [3.8, 4) is 0 Å². The molecule has 1 aromatic carbocycles. The van der Waals surface area contributed by atoms with E-state index in [2.05, 4.69) is 5.32 Å². The molecule has 18 heavy (non-hydrogen) atoms. The lowest BCUT2D eigenvalue weighted by Crippen LogP contribution is -2.02.